The molecule has 0 bridgehead atoms. The molecule has 0 nitrogen and oxygen atoms in total. The Morgan fingerprint density at radius 1 is 0.947 bits per heavy atom. The number of benzene rings is 2. The second-order valence-corrected chi connectivity index (χ2v) is 6.24. The fourth-order valence-electron chi connectivity index (χ4n) is 2.41. The van der Waals surface area contributed by atoms with E-state index in [2.05, 4.69) is 67.8 Å². The molecule has 0 atom stereocenters. The van der Waals surface area contributed by atoms with Crippen LogP contribution in [0, 0.1) is 0 Å². The van der Waals surface area contributed by atoms with Gasteiger partial charge >= 0.3 is 0 Å². The molecule has 0 saturated heterocycles. The normalized spacial score (nSPS) is 11.3. The monoisotopic (exact) mass is 266 g/mol. The van der Waals surface area contributed by atoms with Crippen molar-refractivity contribution < 1.29 is 0 Å². The molecular weight excluding hydrogens is 248 g/mol. The highest BCUT2D eigenvalue weighted by atomic mass is 32.1. The van der Waals surface area contributed by atoms with Crippen molar-refractivity contribution >= 4 is 21.4 Å². The summed E-state index contributed by atoms with van der Waals surface area (Å²) in [7, 11) is 0. The van der Waals surface area contributed by atoms with E-state index in [-0.39, 0.29) is 0 Å². The maximum Gasteiger partial charge on any atom is 0.0345 e. The zero-order valence-corrected chi connectivity index (χ0v) is 12.2. The van der Waals surface area contributed by atoms with Crippen LogP contribution in [-0.4, -0.2) is 0 Å². The highest BCUT2D eigenvalue weighted by molar-refractivity contribution is 7.17. The molecule has 0 radical (unpaired) electrons. The number of hydrogen-bond acceptors (Lipinski definition) is 1. The van der Waals surface area contributed by atoms with Crippen LogP contribution in [0.25, 0.3) is 10.1 Å². The summed E-state index contributed by atoms with van der Waals surface area (Å²) in [5.41, 5.74) is 4.25. The van der Waals surface area contributed by atoms with E-state index in [4.69, 9.17) is 0 Å². The van der Waals surface area contributed by atoms with Gasteiger partial charge in [-0.05, 0) is 45.9 Å². The highest BCUT2D eigenvalue weighted by Gasteiger charge is 2.05. The lowest BCUT2D eigenvalue weighted by Crippen LogP contribution is -1.90. The molecule has 0 unspecified atom stereocenters. The molecule has 0 saturated carbocycles. The molecule has 19 heavy (non-hydrogen) atoms. The number of fused-ring (bicyclic) bond motifs is 1. The summed E-state index contributed by atoms with van der Waals surface area (Å²) < 4.78 is 1.39. The standard InChI is InChI=1S/C18H18S/c1-13(2)15-9-7-14(8-10-15)11-16-12-19-18-6-4-3-5-17(16)18/h3-10,12-13H,11H2,1-2H3. The Labute approximate surface area is 118 Å². The van der Waals surface area contributed by atoms with Gasteiger partial charge in [0.2, 0.25) is 0 Å². The molecule has 1 heterocycles. The van der Waals surface area contributed by atoms with Crippen LogP contribution in [0.5, 0.6) is 0 Å². The Morgan fingerprint density at radius 3 is 2.42 bits per heavy atom. The van der Waals surface area contributed by atoms with Crippen LogP contribution in [0.2, 0.25) is 0 Å². The summed E-state index contributed by atoms with van der Waals surface area (Å²) >= 11 is 1.84. The van der Waals surface area contributed by atoms with Crippen molar-refractivity contribution in [3.05, 3.63) is 70.6 Å². The third-order valence-corrected chi connectivity index (χ3v) is 4.61. The van der Waals surface area contributed by atoms with Gasteiger partial charge in [-0.3, -0.25) is 0 Å². The van der Waals surface area contributed by atoms with Crippen molar-refractivity contribution in [1.82, 2.24) is 0 Å². The van der Waals surface area contributed by atoms with Crippen molar-refractivity contribution in [1.29, 1.82) is 0 Å². The fraction of sp³-hybridized carbons (Fsp3) is 0.222. The number of thiophene rings is 1. The maximum atomic E-state index is 2.29. The summed E-state index contributed by atoms with van der Waals surface area (Å²) in [6.07, 6.45) is 1.03. The van der Waals surface area contributed by atoms with Crippen LogP contribution in [-0.2, 0) is 6.42 Å². The first-order valence-corrected chi connectivity index (χ1v) is 7.66. The van der Waals surface area contributed by atoms with Crippen molar-refractivity contribution in [3.63, 3.8) is 0 Å². The summed E-state index contributed by atoms with van der Waals surface area (Å²) in [4.78, 5) is 0. The molecule has 0 amide bonds. The van der Waals surface area contributed by atoms with Crippen LogP contribution in [0.1, 0.15) is 36.5 Å². The molecule has 1 heteroatoms. The SMILES string of the molecule is CC(C)c1ccc(Cc2csc3ccccc23)cc1. The number of hydrogen-bond donors (Lipinski definition) is 0. The van der Waals surface area contributed by atoms with Crippen molar-refractivity contribution in [2.75, 3.05) is 0 Å². The Bertz CT molecular complexity index is 674. The molecule has 0 fully saturated rings. The molecule has 0 aliphatic rings. The lowest BCUT2D eigenvalue weighted by molar-refractivity contribution is 0.865. The van der Waals surface area contributed by atoms with E-state index in [1.807, 2.05) is 11.3 Å². The van der Waals surface area contributed by atoms with Crippen molar-refractivity contribution in [3.8, 4) is 0 Å². The molecule has 3 aromatic rings. The van der Waals surface area contributed by atoms with Gasteiger partial charge in [-0.2, -0.15) is 0 Å². The van der Waals surface area contributed by atoms with Crippen molar-refractivity contribution in [2.45, 2.75) is 26.2 Å². The smallest absolute Gasteiger partial charge is 0.0345 e. The maximum absolute atomic E-state index is 2.29. The summed E-state index contributed by atoms with van der Waals surface area (Å²) in [6, 6.07) is 17.7. The lowest BCUT2D eigenvalue weighted by atomic mass is 9.99. The van der Waals surface area contributed by atoms with Crippen LogP contribution < -0.4 is 0 Å². The predicted molar refractivity (Wildman–Crippen MR) is 85.2 cm³/mol. The summed E-state index contributed by atoms with van der Waals surface area (Å²) in [6.45, 7) is 4.47. The first-order valence-electron chi connectivity index (χ1n) is 6.78. The average Bonchev–Trinajstić information content (AvgIpc) is 2.83. The van der Waals surface area contributed by atoms with Crippen molar-refractivity contribution in [2.24, 2.45) is 0 Å². The molecule has 96 valence electrons. The minimum atomic E-state index is 0.607. The molecule has 1 aromatic heterocycles. The van der Waals surface area contributed by atoms with Gasteiger partial charge < -0.3 is 0 Å². The Hall–Kier alpha value is -1.60. The minimum Gasteiger partial charge on any atom is -0.144 e. The number of rotatable bonds is 3. The van der Waals surface area contributed by atoms with Gasteiger partial charge in [0.1, 0.15) is 0 Å². The molecule has 0 spiro atoms. The van der Waals surface area contributed by atoms with Gasteiger partial charge in [-0.15, -0.1) is 11.3 Å². The molecule has 0 N–H and O–H groups in total. The second kappa shape index (κ2) is 5.18. The molecule has 0 aliphatic heterocycles. The third-order valence-electron chi connectivity index (χ3n) is 3.60. The first kappa shape index (κ1) is 12.4. The average molecular weight is 266 g/mol. The largest absolute Gasteiger partial charge is 0.144 e. The Balaban J connectivity index is 1.88. The topological polar surface area (TPSA) is 0 Å². The van der Waals surface area contributed by atoms with Gasteiger partial charge in [0.15, 0.2) is 0 Å². The quantitative estimate of drug-likeness (QED) is 0.577. The first-order chi connectivity index (χ1) is 9.24. The minimum absolute atomic E-state index is 0.607. The molecular formula is C18H18S. The van der Waals surface area contributed by atoms with E-state index < -0.39 is 0 Å². The van der Waals surface area contributed by atoms with E-state index in [1.54, 1.807) is 0 Å². The predicted octanol–water partition coefficient (Wildman–Crippen LogP) is 5.62. The van der Waals surface area contributed by atoms with Gasteiger partial charge in [-0.25, -0.2) is 0 Å². The van der Waals surface area contributed by atoms with E-state index in [1.165, 1.54) is 26.8 Å². The highest BCUT2D eigenvalue weighted by Crippen LogP contribution is 2.27. The van der Waals surface area contributed by atoms with E-state index >= 15 is 0 Å². The van der Waals surface area contributed by atoms with Crippen LogP contribution in [0.3, 0.4) is 0 Å². The Morgan fingerprint density at radius 2 is 1.68 bits per heavy atom. The Kier molecular flexibility index (Phi) is 3.39. The zero-order valence-electron chi connectivity index (χ0n) is 11.4. The van der Waals surface area contributed by atoms with Gasteiger partial charge in [0, 0.05) is 4.70 Å². The van der Waals surface area contributed by atoms with Gasteiger partial charge in [0.05, 0.1) is 0 Å². The molecule has 2 aromatic carbocycles. The molecule has 3 rings (SSSR count). The third kappa shape index (κ3) is 2.57. The lowest BCUT2D eigenvalue weighted by Gasteiger charge is -2.06. The van der Waals surface area contributed by atoms with E-state index in [0.29, 0.717) is 5.92 Å². The second-order valence-electron chi connectivity index (χ2n) is 5.33. The van der Waals surface area contributed by atoms with E-state index in [9.17, 15) is 0 Å². The summed E-state index contributed by atoms with van der Waals surface area (Å²) in [5.74, 6) is 0.607. The zero-order chi connectivity index (χ0) is 13.2. The van der Waals surface area contributed by atoms with Gasteiger partial charge in [0.25, 0.3) is 0 Å². The fourth-order valence-corrected chi connectivity index (χ4v) is 3.37. The van der Waals surface area contributed by atoms with Crippen LogP contribution >= 0.6 is 11.3 Å². The summed E-state index contributed by atoms with van der Waals surface area (Å²) in [5, 5.41) is 3.70. The van der Waals surface area contributed by atoms with Gasteiger partial charge in [-0.1, -0.05) is 56.3 Å². The van der Waals surface area contributed by atoms with E-state index in [0.717, 1.165) is 6.42 Å². The molecule has 0 aliphatic carbocycles. The van der Waals surface area contributed by atoms with Crippen LogP contribution in [0.4, 0.5) is 0 Å². The van der Waals surface area contributed by atoms with Crippen LogP contribution in [0.15, 0.2) is 53.9 Å².